The maximum Gasteiger partial charge on any atom is 0.119 e. The van der Waals surface area contributed by atoms with Crippen molar-refractivity contribution in [3.8, 4) is 5.75 Å². The zero-order valence-electron chi connectivity index (χ0n) is 13.5. The van der Waals surface area contributed by atoms with E-state index in [0.717, 1.165) is 18.6 Å². The standard InChI is InChI=1S/C19H26O3/c1-14(2)18-10-9-15(3)19(18)13-21-11-16(20)12-22-17-7-5-4-6-8-17/h4-8,16,18,20H,1,9-13H2,2-3H3/t16-,18+/m0/s1. The van der Waals surface area contributed by atoms with E-state index in [9.17, 15) is 5.11 Å². The molecule has 1 aromatic rings. The van der Waals surface area contributed by atoms with Crippen molar-refractivity contribution in [2.24, 2.45) is 5.92 Å². The fourth-order valence-electron chi connectivity index (χ4n) is 2.82. The lowest BCUT2D eigenvalue weighted by Crippen LogP contribution is -2.24. The molecule has 3 heteroatoms. The molecule has 0 fully saturated rings. The van der Waals surface area contributed by atoms with E-state index in [-0.39, 0.29) is 13.2 Å². The van der Waals surface area contributed by atoms with E-state index >= 15 is 0 Å². The molecule has 0 unspecified atom stereocenters. The molecule has 1 aliphatic rings. The smallest absolute Gasteiger partial charge is 0.119 e. The zero-order valence-corrected chi connectivity index (χ0v) is 13.5. The molecule has 0 bridgehead atoms. The van der Waals surface area contributed by atoms with Gasteiger partial charge < -0.3 is 14.6 Å². The minimum atomic E-state index is -0.620. The molecular weight excluding hydrogens is 276 g/mol. The largest absolute Gasteiger partial charge is 0.491 e. The Hall–Kier alpha value is -1.58. The van der Waals surface area contributed by atoms with Crippen LogP contribution in [0.15, 0.2) is 53.6 Å². The number of para-hydroxylation sites is 1. The van der Waals surface area contributed by atoms with Crippen molar-refractivity contribution in [3.63, 3.8) is 0 Å². The van der Waals surface area contributed by atoms with E-state index in [4.69, 9.17) is 9.47 Å². The first-order chi connectivity index (χ1) is 10.6. The van der Waals surface area contributed by atoms with Gasteiger partial charge in [-0.2, -0.15) is 0 Å². The van der Waals surface area contributed by atoms with Crippen LogP contribution in [0.2, 0.25) is 0 Å². The summed E-state index contributed by atoms with van der Waals surface area (Å²) in [6, 6.07) is 9.49. The molecule has 22 heavy (non-hydrogen) atoms. The third-order valence-electron chi connectivity index (χ3n) is 4.13. The highest BCUT2D eigenvalue weighted by molar-refractivity contribution is 5.28. The van der Waals surface area contributed by atoms with Gasteiger partial charge in [-0.3, -0.25) is 0 Å². The lowest BCUT2D eigenvalue weighted by atomic mass is 9.95. The van der Waals surface area contributed by atoms with Crippen LogP contribution in [0.5, 0.6) is 5.75 Å². The van der Waals surface area contributed by atoms with Gasteiger partial charge in [0.1, 0.15) is 18.5 Å². The van der Waals surface area contributed by atoms with Crippen LogP contribution in [0.25, 0.3) is 0 Å². The van der Waals surface area contributed by atoms with Gasteiger partial charge in [-0.05, 0) is 44.4 Å². The van der Waals surface area contributed by atoms with Gasteiger partial charge >= 0.3 is 0 Å². The molecule has 1 aliphatic carbocycles. The quantitative estimate of drug-likeness (QED) is 0.743. The Labute approximate surface area is 133 Å². The summed E-state index contributed by atoms with van der Waals surface area (Å²) >= 11 is 0. The molecule has 3 nitrogen and oxygen atoms in total. The second-order valence-electron chi connectivity index (χ2n) is 6.04. The Morgan fingerprint density at radius 3 is 2.73 bits per heavy atom. The van der Waals surface area contributed by atoms with E-state index in [1.807, 2.05) is 30.3 Å². The number of hydrogen-bond donors (Lipinski definition) is 1. The van der Waals surface area contributed by atoms with Gasteiger partial charge in [0.2, 0.25) is 0 Å². The minimum Gasteiger partial charge on any atom is -0.491 e. The number of rotatable bonds is 8. The van der Waals surface area contributed by atoms with Crippen molar-refractivity contribution < 1.29 is 14.6 Å². The predicted octanol–water partition coefficient (Wildman–Crippen LogP) is 3.75. The van der Waals surface area contributed by atoms with Crippen molar-refractivity contribution in [2.75, 3.05) is 19.8 Å². The van der Waals surface area contributed by atoms with Gasteiger partial charge in [-0.15, -0.1) is 0 Å². The Kier molecular flexibility index (Phi) is 6.22. The second kappa shape index (κ2) is 8.16. The van der Waals surface area contributed by atoms with Gasteiger partial charge in [0.25, 0.3) is 0 Å². The van der Waals surface area contributed by atoms with Crippen LogP contribution in [0.3, 0.4) is 0 Å². The number of aliphatic hydroxyl groups excluding tert-OH is 1. The first-order valence-corrected chi connectivity index (χ1v) is 7.85. The van der Waals surface area contributed by atoms with Crippen LogP contribution in [0, 0.1) is 5.92 Å². The molecule has 2 rings (SSSR count). The van der Waals surface area contributed by atoms with E-state index in [2.05, 4.69) is 20.4 Å². The number of aliphatic hydroxyl groups is 1. The minimum absolute atomic E-state index is 0.242. The number of benzene rings is 1. The van der Waals surface area contributed by atoms with Crippen LogP contribution in [-0.4, -0.2) is 31.0 Å². The lowest BCUT2D eigenvalue weighted by Gasteiger charge is -2.17. The molecule has 0 radical (unpaired) electrons. The molecular formula is C19H26O3. The van der Waals surface area contributed by atoms with Crippen molar-refractivity contribution in [3.05, 3.63) is 53.6 Å². The molecule has 0 saturated carbocycles. The molecule has 0 amide bonds. The van der Waals surface area contributed by atoms with E-state index in [1.54, 1.807) is 0 Å². The average molecular weight is 302 g/mol. The van der Waals surface area contributed by atoms with E-state index < -0.39 is 6.10 Å². The van der Waals surface area contributed by atoms with Crippen LogP contribution in [-0.2, 0) is 4.74 Å². The average Bonchev–Trinajstić information content (AvgIpc) is 2.88. The molecule has 0 spiro atoms. The summed E-state index contributed by atoms with van der Waals surface area (Å²) in [4.78, 5) is 0. The van der Waals surface area contributed by atoms with Gasteiger partial charge in [0.05, 0.1) is 13.2 Å². The monoisotopic (exact) mass is 302 g/mol. The summed E-state index contributed by atoms with van der Waals surface area (Å²) in [7, 11) is 0. The zero-order chi connectivity index (χ0) is 15.9. The highest BCUT2D eigenvalue weighted by Gasteiger charge is 2.23. The lowest BCUT2D eigenvalue weighted by molar-refractivity contribution is 0.0183. The summed E-state index contributed by atoms with van der Waals surface area (Å²) in [5, 5.41) is 9.94. The fraction of sp³-hybridized carbons (Fsp3) is 0.474. The van der Waals surface area contributed by atoms with Crippen molar-refractivity contribution in [2.45, 2.75) is 32.8 Å². The number of ether oxygens (including phenoxy) is 2. The van der Waals surface area contributed by atoms with Crippen LogP contribution in [0.1, 0.15) is 26.7 Å². The maximum atomic E-state index is 9.94. The molecule has 0 aromatic heterocycles. The van der Waals surface area contributed by atoms with E-state index in [0.29, 0.717) is 12.5 Å². The highest BCUT2D eigenvalue weighted by atomic mass is 16.5. The normalized spacial score (nSPS) is 19.3. The van der Waals surface area contributed by atoms with Gasteiger partial charge in [0, 0.05) is 5.92 Å². The summed E-state index contributed by atoms with van der Waals surface area (Å²) in [5.41, 5.74) is 3.94. The Morgan fingerprint density at radius 2 is 2.05 bits per heavy atom. The predicted molar refractivity (Wildman–Crippen MR) is 89.0 cm³/mol. The molecule has 2 atom stereocenters. The van der Waals surface area contributed by atoms with Crippen molar-refractivity contribution >= 4 is 0 Å². The van der Waals surface area contributed by atoms with Gasteiger partial charge in [0.15, 0.2) is 0 Å². The van der Waals surface area contributed by atoms with Crippen molar-refractivity contribution in [1.29, 1.82) is 0 Å². The summed E-state index contributed by atoms with van der Waals surface area (Å²) < 4.78 is 11.2. The first kappa shape index (κ1) is 16.8. The van der Waals surface area contributed by atoms with Crippen LogP contribution < -0.4 is 4.74 Å². The Balaban J connectivity index is 1.71. The molecule has 0 saturated heterocycles. The third kappa shape index (κ3) is 4.72. The topological polar surface area (TPSA) is 38.7 Å². The highest BCUT2D eigenvalue weighted by Crippen LogP contribution is 2.35. The Bertz CT molecular complexity index is 519. The molecule has 0 heterocycles. The fourth-order valence-corrected chi connectivity index (χ4v) is 2.82. The molecule has 0 aliphatic heterocycles. The molecule has 1 N–H and O–H groups in total. The summed E-state index contributed by atoms with van der Waals surface area (Å²) in [6.07, 6.45) is 1.64. The number of allylic oxidation sites excluding steroid dienone is 2. The SMILES string of the molecule is C=C(C)[C@H]1CCC(C)=C1COC[C@H](O)COc1ccccc1. The number of hydrogen-bond acceptors (Lipinski definition) is 3. The first-order valence-electron chi connectivity index (χ1n) is 7.85. The van der Waals surface area contributed by atoms with Crippen LogP contribution in [0.4, 0.5) is 0 Å². The van der Waals surface area contributed by atoms with Crippen LogP contribution >= 0.6 is 0 Å². The van der Waals surface area contributed by atoms with Gasteiger partial charge in [-0.25, -0.2) is 0 Å². The molecule has 120 valence electrons. The second-order valence-corrected chi connectivity index (χ2v) is 6.04. The third-order valence-corrected chi connectivity index (χ3v) is 4.13. The van der Waals surface area contributed by atoms with E-state index in [1.165, 1.54) is 16.7 Å². The Morgan fingerprint density at radius 1 is 1.32 bits per heavy atom. The van der Waals surface area contributed by atoms with Gasteiger partial charge in [-0.1, -0.05) is 35.9 Å². The summed E-state index contributed by atoms with van der Waals surface area (Å²) in [5.74, 6) is 1.20. The van der Waals surface area contributed by atoms with Crippen molar-refractivity contribution in [1.82, 2.24) is 0 Å². The molecule has 1 aromatic carbocycles. The maximum absolute atomic E-state index is 9.94. The summed E-state index contributed by atoms with van der Waals surface area (Å²) in [6.45, 7) is 9.41.